The zero-order valence-corrected chi connectivity index (χ0v) is 9.86. The van der Waals surface area contributed by atoms with Crippen molar-refractivity contribution in [1.29, 1.82) is 0 Å². The number of amides is 1. The predicted octanol–water partition coefficient (Wildman–Crippen LogP) is 0.879. The summed E-state index contributed by atoms with van der Waals surface area (Å²) in [5.74, 6) is -1.09. The maximum atomic E-state index is 11.6. The van der Waals surface area contributed by atoms with Gasteiger partial charge in [-0.3, -0.25) is 4.79 Å². The first-order chi connectivity index (χ1) is 7.54. The Hall–Kier alpha value is -1.10. The summed E-state index contributed by atoms with van der Waals surface area (Å²) in [6, 6.07) is 0. The molecule has 0 unspecified atom stereocenters. The van der Waals surface area contributed by atoms with Gasteiger partial charge in [-0.1, -0.05) is 6.92 Å². The molecule has 1 rings (SSSR count). The smallest absolute Gasteiger partial charge is 0.329 e. The molecule has 0 aliphatic carbocycles. The molecule has 1 N–H and O–H groups in total. The van der Waals surface area contributed by atoms with Gasteiger partial charge in [0.2, 0.25) is 5.91 Å². The van der Waals surface area contributed by atoms with Crippen LogP contribution in [-0.4, -0.2) is 47.2 Å². The molecule has 1 aliphatic heterocycles. The molecular weight excluding hydrogens is 210 g/mol. The van der Waals surface area contributed by atoms with Crippen molar-refractivity contribution in [1.82, 2.24) is 4.90 Å². The zero-order chi connectivity index (χ0) is 12.2. The van der Waals surface area contributed by atoms with Gasteiger partial charge >= 0.3 is 5.97 Å². The third-order valence-electron chi connectivity index (χ3n) is 3.06. The molecule has 1 amide bonds. The zero-order valence-electron chi connectivity index (χ0n) is 9.86. The summed E-state index contributed by atoms with van der Waals surface area (Å²) in [7, 11) is 0. The largest absolute Gasteiger partial charge is 0.479 e. The second-order valence-electron chi connectivity index (χ2n) is 4.12. The minimum absolute atomic E-state index is 0.175. The first kappa shape index (κ1) is 13.0. The predicted molar refractivity (Wildman–Crippen MR) is 58.1 cm³/mol. The van der Waals surface area contributed by atoms with Crippen LogP contribution in [0, 0.1) is 0 Å². The second kappa shape index (κ2) is 5.30. The van der Waals surface area contributed by atoms with Crippen LogP contribution in [0.15, 0.2) is 0 Å². The highest BCUT2D eigenvalue weighted by Crippen LogP contribution is 2.28. The van der Waals surface area contributed by atoms with Crippen molar-refractivity contribution in [3.63, 3.8) is 0 Å². The SMILES string of the molecule is CCCN(C(C)=O)C1(C(=O)O)CCOCC1. The minimum Gasteiger partial charge on any atom is -0.479 e. The number of nitrogens with zero attached hydrogens (tertiary/aromatic N) is 1. The topological polar surface area (TPSA) is 66.8 Å². The van der Waals surface area contributed by atoms with E-state index in [1.807, 2.05) is 6.92 Å². The van der Waals surface area contributed by atoms with E-state index in [1.165, 1.54) is 11.8 Å². The maximum absolute atomic E-state index is 11.6. The summed E-state index contributed by atoms with van der Waals surface area (Å²) in [5, 5.41) is 9.39. The Balaban J connectivity index is 2.96. The van der Waals surface area contributed by atoms with Gasteiger partial charge in [0.1, 0.15) is 5.54 Å². The molecule has 0 aromatic carbocycles. The summed E-state index contributed by atoms with van der Waals surface area (Å²) >= 11 is 0. The molecule has 0 atom stereocenters. The van der Waals surface area contributed by atoms with Crippen molar-refractivity contribution in [3.8, 4) is 0 Å². The summed E-state index contributed by atoms with van der Waals surface area (Å²) in [6.45, 7) is 4.65. The van der Waals surface area contributed by atoms with Gasteiger partial charge in [0.25, 0.3) is 0 Å². The quantitative estimate of drug-likeness (QED) is 0.777. The Morgan fingerprint density at radius 1 is 1.38 bits per heavy atom. The van der Waals surface area contributed by atoms with Crippen LogP contribution < -0.4 is 0 Å². The molecule has 1 fully saturated rings. The number of carboxylic acid groups (broad SMARTS) is 1. The fourth-order valence-electron chi connectivity index (χ4n) is 2.20. The molecule has 1 heterocycles. The van der Waals surface area contributed by atoms with Crippen molar-refractivity contribution in [2.24, 2.45) is 0 Å². The van der Waals surface area contributed by atoms with Crippen LogP contribution in [0.2, 0.25) is 0 Å². The first-order valence-electron chi connectivity index (χ1n) is 5.64. The normalized spacial score (nSPS) is 19.1. The molecule has 1 saturated heterocycles. The summed E-state index contributed by atoms with van der Waals surface area (Å²) in [5.41, 5.74) is -1.06. The van der Waals surface area contributed by atoms with Crippen LogP contribution in [0.5, 0.6) is 0 Å². The molecule has 0 saturated carbocycles. The van der Waals surface area contributed by atoms with E-state index < -0.39 is 11.5 Å². The van der Waals surface area contributed by atoms with Gasteiger partial charge < -0.3 is 14.7 Å². The highest BCUT2D eigenvalue weighted by molar-refractivity contribution is 5.86. The first-order valence-corrected chi connectivity index (χ1v) is 5.64. The summed E-state index contributed by atoms with van der Waals surface area (Å²) in [4.78, 5) is 24.5. The van der Waals surface area contributed by atoms with E-state index in [9.17, 15) is 14.7 Å². The van der Waals surface area contributed by atoms with Crippen molar-refractivity contribution in [3.05, 3.63) is 0 Å². The fraction of sp³-hybridized carbons (Fsp3) is 0.818. The Kier molecular flexibility index (Phi) is 4.29. The molecule has 0 bridgehead atoms. The molecular formula is C11H19NO4. The van der Waals surface area contributed by atoms with Crippen LogP contribution in [-0.2, 0) is 14.3 Å². The van der Waals surface area contributed by atoms with E-state index in [0.717, 1.165) is 6.42 Å². The third kappa shape index (κ3) is 2.35. The molecule has 0 aromatic rings. The molecule has 0 radical (unpaired) electrons. The molecule has 1 aliphatic rings. The third-order valence-corrected chi connectivity index (χ3v) is 3.06. The van der Waals surface area contributed by atoms with E-state index in [-0.39, 0.29) is 5.91 Å². The van der Waals surface area contributed by atoms with Crippen LogP contribution in [0.25, 0.3) is 0 Å². The van der Waals surface area contributed by atoms with Crippen LogP contribution in [0.3, 0.4) is 0 Å². The molecule has 92 valence electrons. The highest BCUT2D eigenvalue weighted by atomic mass is 16.5. The van der Waals surface area contributed by atoms with E-state index in [4.69, 9.17) is 4.74 Å². The fourth-order valence-corrected chi connectivity index (χ4v) is 2.20. The van der Waals surface area contributed by atoms with E-state index in [0.29, 0.717) is 32.6 Å². The molecule has 16 heavy (non-hydrogen) atoms. The number of hydrogen-bond acceptors (Lipinski definition) is 3. The van der Waals surface area contributed by atoms with Gasteiger partial charge in [-0.25, -0.2) is 4.79 Å². The number of rotatable bonds is 4. The Labute approximate surface area is 95.4 Å². The lowest BCUT2D eigenvalue weighted by Crippen LogP contribution is -2.59. The Morgan fingerprint density at radius 2 is 1.94 bits per heavy atom. The van der Waals surface area contributed by atoms with Crippen molar-refractivity contribution < 1.29 is 19.4 Å². The number of hydrogen-bond donors (Lipinski definition) is 1. The van der Waals surface area contributed by atoms with Crippen molar-refractivity contribution >= 4 is 11.9 Å². The van der Waals surface area contributed by atoms with Crippen molar-refractivity contribution in [2.45, 2.75) is 38.6 Å². The highest BCUT2D eigenvalue weighted by Gasteiger charge is 2.46. The average molecular weight is 229 g/mol. The van der Waals surface area contributed by atoms with Gasteiger partial charge in [-0.2, -0.15) is 0 Å². The van der Waals surface area contributed by atoms with E-state index >= 15 is 0 Å². The number of carbonyl (C=O) groups excluding carboxylic acids is 1. The minimum atomic E-state index is -1.06. The molecule has 5 nitrogen and oxygen atoms in total. The van der Waals surface area contributed by atoms with Gasteiger partial charge in [0.15, 0.2) is 0 Å². The number of carboxylic acids is 1. The summed E-state index contributed by atoms with van der Waals surface area (Å²) in [6.07, 6.45) is 1.51. The van der Waals surface area contributed by atoms with Crippen molar-refractivity contribution in [2.75, 3.05) is 19.8 Å². The lowest BCUT2D eigenvalue weighted by atomic mass is 9.87. The lowest BCUT2D eigenvalue weighted by Gasteiger charge is -2.42. The number of aliphatic carboxylic acids is 1. The van der Waals surface area contributed by atoms with Crippen LogP contribution >= 0.6 is 0 Å². The molecule has 5 heteroatoms. The van der Waals surface area contributed by atoms with Gasteiger partial charge in [0.05, 0.1) is 0 Å². The second-order valence-corrected chi connectivity index (χ2v) is 4.12. The number of ether oxygens (including phenoxy) is 1. The molecule has 0 spiro atoms. The monoisotopic (exact) mass is 229 g/mol. The Morgan fingerprint density at radius 3 is 2.31 bits per heavy atom. The molecule has 0 aromatic heterocycles. The van der Waals surface area contributed by atoms with E-state index in [1.54, 1.807) is 0 Å². The van der Waals surface area contributed by atoms with E-state index in [2.05, 4.69) is 0 Å². The summed E-state index contributed by atoms with van der Waals surface area (Å²) < 4.78 is 5.18. The standard InChI is InChI=1S/C11H19NO4/c1-3-6-12(9(2)13)11(10(14)15)4-7-16-8-5-11/h3-8H2,1-2H3,(H,14,15). The van der Waals surface area contributed by atoms with Gasteiger partial charge in [-0.05, 0) is 6.42 Å². The lowest BCUT2D eigenvalue weighted by molar-refractivity contribution is -0.165. The van der Waals surface area contributed by atoms with Crippen LogP contribution in [0.1, 0.15) is 33.1 Å². The van der Waals surface area contributed by atoms with Gasteiger partial charge in [0, 0.05) is 39.5 Å². The number of carbonyl (C=O) groups is 2. The maximum Gasteiger partial charge on any atom is 0.329 e. The Bertz CT molecular complexity index is 271. The average Bonchev–Trinajstić information content (AvgIpc) is 2.26. The van der Waals surface area contributed by atoms with Gasteiger partial charge in [-0.15, -0.1) is 0 Å². The van der Waals surface area contributed by atoms with Crippen LogP contribution in [0.4, 0.5) is 0 Å².